The van der Waals surface area contributed by atoms with Gasteiger partial charge in [0.2, 0.25) is 23.6 Å². The number of hydrogen-bond acceptors (Lipinski definition) is 7. The van der Waals surface area contributed by atoms with Gasteiger partial charge in [0.05, 0.1) is 0 Å². The Morgan fingerprint density at radius 2 is 1.24 bits per heavy atom. The number of benzene rings is 1. The van der Waals surface area contributed by atoms with Crippen LogP contribution in [0.5, 0.6) is 0 Å². The third kappa shape index (κ3) is 12.9. The summed E-state index contributed by atoms with van der Waals surface area (Å²) in [7, 11) is 0. The molecule has 5 amide bonds. The lowest BCUT2D eigenvalue weighted by molar-refractivity contribution is -0.143. The Balaban J connectivity index is 3.09. The second-order valence-electron chi connectivity index (χ2n) is 12.1. The average Bonchev–Trinajstić information content (AvgIpc) is 2.99. The van der Waals surface area contributed by atoms with Crippen LogP contribution in [-0.4, -0.2) is 77.4 Å². The molecular weight excluding hydrogens is 580 g/mol. The molecule has 0 fully saturated rings. The summed E-state index contributed by atoms with van der Waals surface area (Å²) in [5.41, 5.74) is 6.04. The van der Waals surface area contributed by atoms with Crippen molar-refractivity contribution in [3.05, 3.63) is 35.9 Å². The van der Waals surface area contributed by atoms with Crippen molar-refractivity contribution in [3.8, 4) is 0 Å². The summed E-state index contributed by atoms with van der Waals surface area (Å²) in [6, 6.07) is 3.27. The van der Waals surface area contributed by atoms with Crippen LogP contribution < -0.4 is 32.3 Å². The molecule has 8 N–H and O–H groups in total. The van der Waals surface area contributed by atoms with Crippen molar-refractivity contribution in [1.29, 1.82) is 0 Å². The number of nitrogens with one attached hydrogen (secondary N) is 5. The highest BCUT2D eigenvalue weighted by Gasteiger charge is 2.34. The fraction of sp³-hybridized carbons (Fsp3) is 0.625. The van der Waals surface area contributed by atoms with E-state index in [0.717, 1.165) is 0 Å². The maximum absolute atomic E-state index is 13.5. The Kier molecular flexibility index (Phi) is 16.8. The summed E-state index contributed by atoms with van der Waals surface area (Å²) in [6.07, 6.45) is 1.96. The number of hydrogen-bond donors (Lipinski definition) is 7. The van der Waals surface area contributed by atoms with Crippen LogP contribution in [0, 0.1) is 17.8 Å². The number of aliphatic carboxylic acids is 1. The Morgan fingerprint density at radius 1 is 0.689 bits per heavy atom. The molecule has 1 aromatic rings. The highest BCUT2D eigenvalue weighted by Crippen LogP contribution is 2.12. The minimum atomic E-state index is -1.19. The second kappa shape index (κ2) is 19.4. The Morgan fingerprint density at radius 3 is 1.76 bits per heavy atom. The lowest BCUT2D eigenvalue weighted by Gasteiger charge is -2.29. The van der Waals surface area contributed by atoms with Crippen molar-refractivity contribution in [2.75, 3.05) is 6.54 Å². The topological polar surface area (TPSA) is 209 Å². The zero-order valence-electron chi connectivity index (χ0n) is 27.5. The van der Waals surface area contributed by atoms with Gasteiger partial charge in [0.1, 0.15) is 30.2 Å². The zero-order chi connectivity index (χ0) is 34.3. The molecule has 0 bridgehead atoms. The summed E-state index contributed by atoms with van der Waals surface area (Å²) in [5, 5.41) is 22.6. The number of nitrogens with two attached hydrogens (primary N) is 1. The van der Waals surface area contributed by atoms with Gasteiger partial charge in [0.25, 0.3) is 5.91 Å². The first-order valence-electron chi connectivity index (χ1n) is 15.6. The Hall–Kier alpha value is -4.00. The number of rotatable bonds is 19. The molecular formula is C32H52N6O7. The maximum Gasteiger partial charge on any atom is 0.326 e. The van der Waals surface area contributed by atoms with Crippen molar-refractivity contribution < 1.29 is 33.9 Å². The standard InChI is InChI=1S/C32H52N6O7/c1-8-20(6)26(38-28(40)22-14-10-9-11-15-22)31(43)35-23(16-12-13-17-33)29(41)36-24(18(2)3)30(42)34-21(7)27(39)37-25(19(4)5)32(44)45/h9-11,14-15,18-21,23-26H,8,12-13,16-17,33H2,1-7H3,(H,34,42)(H,35,43)(H,36,41)(H,37,39)(H,38,40)(H,44,45)/t20-,21+,23+,24+,25+,26?/m1/s1. The largest absolute Gasteiger partial charge is 0.480 e. The molecule has 0 aliphatic heterocycles. The van der Waals surface area contributed by atoms with Gasteiger partial charge in [-0.1, -0.05) is 66.2 Å². The number of unbranched alkanes of at least 4 members (excludes halogenated alkanes) is 1. The van der Waals surface area contributed by atoms with Crippen LogP contribution in [0.3, 0.4) is 0 Å². The van der Waals surface area contributed by atoms with Crippen molar-refractivity contribution in [1.82, 2.24) is 26.6 Å². The highest BCUT2D eigenvalue weighted by atomic mass is 16.4. The zero-order valence-corrected chi connectivity index (χ0v) is 27.5. The van der Waals surface area contributed by atoms with Gasteiger partial charge in [-0.2, -0.15) is 0 Å². The van der Waals surface area contributed by atoms with Crippen molar-refractivity contribution in [2.45, 2.75) is 104 Å². The quantitative estimate of drug-likeness (QED) is 0.110. The van der Waals surface area contributed by atoms with Crippen LogP contribution in [0.2, 0.25) is 0 Å². The smallest absolute Gasteiger partial charge is 0.326 e. The first kappa shape index (κ1) is 39.0. The Bertz CT molecular complexity index is 1140. The first-order chi connectivity index (χ1) is 21.1. The van der Waals surface area contributed by atoms with Gasteiger partial charge in [-0.15, -0.1) is 0 Å². The fourth-order valence-electron chi connectivity index (χ4n) is 4.49. The van der Waals surface area contributed by atoms with E-state index in [4.69, 9.17) is 5.73 Å². The molecule has 252 valence electrons. The van der Waals surface area contributed by atoms with E-state index < -0.39 is 71.6 Å². The van der Waals surface area contributed by atoms with Crippen LogP contribution >= 0.6 is 0 Å². The number of amides is 5. The van der Waals surface area contributed by atoms with E-state index >= 15 is 0 Å². The van der Waals surface area contributed by atoms with Gasteiger partial charge >= 0.3 is 5.97 Å². The normalized spacial score (nSPS) is 15.2. The molecule has 45 heavy (non-hydrogen) atoms. The van der Waals surface area contributed by atoms with Crippen molar-refractivity contribution >= 4 is 35.5 Å². The van der Waals surface area contributed by atoms with Gasteiger partial charge in [0, 0.05) is 5.56 Å². The van der Waals surface area contributed by atoms with E-state index in [1.54, 1.807) is 58.0 Å². The van der Waals surface area contributed by atoms with Gasteiger partial charge in [-0.05, 0) is 62.6 Å². The molecule has 0 spiro atoms. The molecule has 0 aliphatic rings. The monoisotopic (exact) mass is 632 g/mol. The van der Waals surface area contributed by atoms with E-state index in [1.165, 1.54) is 6.92 Å². The van der Waals surface area contributed by atoms with Crippen molar-refractivity contribution in [3.63, 3.8) is 0 Å². The molecule has 0 radical (unpaired) electrons. The molecule has 0 saturated carbocycles. The summed E-state index contributed by atoms with van der Waals surface area (Å²) in [6.45, 7) is 12.3. The SMILES string of the molecule is CC[C@@H](C)C(NC(=O)c1ccccc1)C(=O)N[C@@H](CCCCN)C(=O)N[C@H](C(=O)N[C@@H](C)C(=O)N[C@H](C(=O)O)C(C)C)C(C)C. The van der Waals surface area contributed by atoms with Gasteiger partial charge in [-0.25, -0.2) is 4.79 Å². The van der Waals surface area contributed by atoms with E-state index in [-0.39, 0.29) is 18.3 Å². The first-order valence-corrected chi connectivity index (χ1v) is 15.6. The lowest BCUT2D eigenvalue weighted by Crippen LogP contribution is -2.60. The van der Waals surface area contributed by atoms with Crippen LogP contribution in [-0.2, 0) is 24.0 Å². The fourth-order valence-corrected chi connectivity index (χ4v) is 4.49. The molecule has 13 heteroatoms. The average molecular weight is 633 g/mol. The van der Waals surface area contributed by atoms with E-state index in [1.807, 2.05) is 13.8 Å². The molecule has 6 atom stereocenters. The predicted octanol–water partition coefficient (Wildman–Crippen LogP) is 1.32. The molecule has 1 rings (SSSR count). The molecule has 0 saturated heterocycles. The van der Waals surface area contributed by atoms with Crippen molar-refractivity contribution in [2.24, 2.45) is 23.5 Å². The molecule has 1 aromatic carbocycles. The number of carboxylic acids is 1. The summed E-state index contributed by atoms with van der Waals surface area (Å²) < 4.78 is 0. The van der Waals surface area contributed by atoms with E-state index in [0.29, 0.717) is 31.4 Å². The minimum Gasteiger partial charge on any atom is -0.480 e. The molecule has 13 nitrogen and oxygen atoms in total. The van der Waals surface area contributed by atoms with Crippen LogP contribution in [0.15, 0.2) is 30.3 Å². The van der Waals surface area contributed by atoms with E-state index in [9.17, 15) is 33.9 Å². The van der Waals surface area contributed by atoms with Gasteiger partial charge < -0.3 is 37.4 Å². The summed E-state index contributed by atoms with van der Waals surface area (Å²) >= 11 is 0. The van der Waals surface area contributed by atoms with Gasteiger partial charge in [0.15, 0.2) is 0 Å². The van der Waals surface area contributed by atoms with E-state index in [2.05, 4.69) is 26.6 Å². The van der Waals surface area contributed by atoms with Gasteiger partial charge in [-0.3, -0.25) is 24.0 Å². The number of carbonyl (C=O) groups is 6. The molecule has 0 heterocycles. The molecule has 0 aromatic heterocycles. The van der Waals surface area contributed by atoms with Crippen LogP contribution in [0.4, 0.5) is 0 Å². The summed E-state index contributed by atoms with van der Waals surface area (Å²) in [5.74, 6) is -5.09. The third-order valence-electron chi connectivity index (χ3n) is 7.63. The lowest BCUT2D eigenvalue weighted by atomic mass is 9.96. The number of carboxylic acid groups (broad SMARTS) is 1. The Labute approximate surface area is 266 Å². The molecule has 0 aliphatic carbocycles. The predicted molar refractivity (Wildman–Crippen MR) is 171 cm³/mol. The summed E-state index contributed by atoms with van der Waals surface area (Å²) in [4.78, 5) is 77.3. The van der Waals surface area contributed by atoms with Crippen LogP contribution in [0.25, 0.3) is 0 Å². The minimum absolute atomic E-state index is 0.242. The number of carbonyl (C=O) groups excluding carboxylic acids is 5. The third-order valence-corrected chi connectivity index (χ3v) is 7.63. The maximum atomic E-state index is 13.5. The highest BCUT2D eigenvalue weighted by molar-refractivity contribution is 5.99. The van der Waals surface area contributed by atoms with Crippen LogP contribution in [0.1, 0.15) is 84.5 Å². The molecule has 1 unspecified atom stereocenters. The second-order valence-corrected chi connectivity index (χ2v) is 12.1.